The lowest BCUT2D eigenvalue weighted by Crippen LogP contribution is -2.26. The molecule has 1 aromatic heterocycles. The van der Waals surface area contributed by atoms with Crippen LogP contribution in [0.2, 0.25) is 0 Å². The molecule has 7 heteroatoms. The predicted octanol–water partition coefficient (Wildman–Crippen LogP) is 2.59. The number of methoxy groups -OCH3 is 1. The molecular formula is C14H18N2O3S2. The Bertz CT molecular complexity index is 738. The first-order chi connectivity index (χ1) is 9.84. The number of benzene rings is 1. The molecule has 0 saturated carbocycles. The Hall–Kier alpha value is -1.44. The Balaban J connectivity index is 2.26. The zero-order chi connectivity index (χ0) is 15.6. The summed E-state index contributed by atoms with van der Waals surface area (Å²) < 4.78 is 31.6. The fourth-order valence-electron chi connectivity index (χ4n) is 1.99. The first-order valence-corrected chi connectivity index (χ1v) is 8.68. The van der Waals surface area contributed by atoms with Crippen molar-refractivity contribution < 1.29 is 13.2 Å². The third kappa shape index (κ3) is 3.42. The first kappa shape index (κ1) is 15.9. The molecule has 5 nitrogen and oxygen atoms in total. The van der Waals surface area contributed by atoms with Crippen LogP contribution in [-0.2, 0) is 16.6 Å². The van der Waals surface area contributed by atoms with E-state index in [1.54, 1.807) is 32.4 Å². The highest BCUT2D eigenvalue weighted by atomic mass is 32.2. The Morgan fingerprint density at radius 3 is 2.57 bits per heavy atom. The molecule has 1 heterocycles. The van der Waals surface area contributed by atoms with E-state index in [9.17, 15) is 8.42 Å². The van der Waals surface area contributed by atoms with Gasteiger partial charge in [0.05, 0.1) is 29.3 Å². The van der Waals surface area contributed by atoms with E-state index in [1.165, 1.54) is 15.6 Å². The number of aryl methyl sites for hydroxylation is 2. The summed E-state index contributed by atoms with van der Waals surface area (Å²) in [6.45, 7) is 3.98. The summed E-state index contributed by atoms with van der Waals surface area (Å²) in [7, 11) is -0.411. The van der Waals surface area contributed by atoms with Crippen LogP contribution in [-0.4, -0.2) is 31.9 Å². The molecule has 0 unspecified atom stereocenters. The summed E-state index contributed by atoms with van der Waals surface area (Å²) in [5.74, 6) is 0.673. The van der Waals surface area contributed by atoms with E-state index in [0.29, 0.717) is 5.75 Å². The molecule has 1 aromatic carbocycles. The molecular weight excluding hydrogens is 308 g/mol. The lowest BCUT2D eigenvalue weighted by atomic mass is 10.2. The molecule has 114 valence electrons. The Morgan fingerprint density at radius 2 is 2.05 bits per heavy atom. The van der Waals surface area contributed by atoms with Gasteiger partial charge in [-0.3, -0.25) is 0 Å². The van der Waals surface area contributed by atoms with E-state index in [-0.39, 0.29) is 11.4 Å². The van der Waals surface area contributed by atoms with Crippen LogP contribution < -0.4 is 4.74 Å². The van der Waals surface area contributed by atoms with Crippen LogP contribution in [0.3, 0.4) is 0 Å². The number of thiazole rings is 1. The van der Waals surface area contributed by atoms with Gasteiger partial charge in [-0.1, -0.05) is 0 Å². The minimum Gasteiger partial charge on any atom is -0.496 e. The van der Waals surface area contributed by atoms with Crippen LogP contribution in [0, 0.1) is 13.8 Å². The van der Waals surface area contributed by atoms with E-state index in [0.717, 1.165) is 16.3 Å². The zero-order valence-corrected chi connectivity index (χ0v) is 14.1. The third-order valence-corrected chi connectivity index (χ3v) is 5.75. The van der Waals surface area contributed by atoms with Gasteiger partial charge in [0.2, 0.25) is 10.0 Å². The average Bonchev–Trinajstić information content (AvgIpc) is 2.83. The van der Waals surface area contributed by atoms with Gasteiger partial charge in [0.15, 0.2) is 0 Å². The molecule has 0 N–H and O–H groups in total. The monoisotopic (exact) mass is 326 g/mol. The highest BCUT2D eigenvalue weighted by molar-refractivity contribution is 7.89. The van der Waals surface area contributed by atoms with Gasteiger partial charge in [-0.15, -0.1) is 11.3 Å². The summed E-state index contributed by atoms with van der Waals surface area (Å²) in [6, 6.07) is 4.85. The number of hydrogen-bond donors (Lipinski definition) is 0. The minimum absolute atomic E-state index is 0.259. The summed E-state index contributed by atoms with van der Waals surface area (Å²) >= 11 is 1.51. The number of ether oxygens (including phenoxy) is 1. The molecule has 21 heavy (non-hydrogen) atoms. The number of hydrogen-bond acceptors (Lipinski definition) is 5. The van der Waals surface area contributed by atoms with Crippen molar-refractivity contribution in [1.82, 2.24) is 9.29 Å². The van der Waals surface area contributed by atoms with Gasteiger partial charge in [0, 0.05) is 12.4 Å². The predicted molar refractivity (Wildman–Crippen MR) is 83.2 cm³/mol. The Kier molecular flexibility index (Phi) is 4.65. The van der Waals surface area contributed by atoms with Crippen molar-refractivity contribution >= 4 is 21.4 Å². The van der Waals surface area contributed by atoms with Crippen molar-refractivity contribution in [3.05, 3.63) is 39.8 Å². The van der Waals surface area contributed by atoms with Crippen molar-refractivity contribution in [3.63, 3.8) is 0 Å². The van der Waals surface area contributed by atoms with Crippen LogP contribution >= 0.6 is 11.3 Å². The average molecular weight is 326 g/mol. The molecule has 2 aromatic rings. The lowest BCUT2D eigenvalue weighted by molar-refractivity contribution is 0.411. The maximum atomic E-state index is 12.6. The fraction of sp³-hybridized carbons (Fsp3) is 0.357. The summed E-state index contributed by atoms with van der Waals surface area (Å²) in [5.41, 5.74) is 1.55. The van der Waals surface area contributed by atoms with Gasteiger partial charge in [0.25, 0.3) is 0 Å². The summed E-state index contributed by atoms with van der Waals surface area (Å²) in [4.78, 5) is 4.55. The highest BCUT2D eigenvalue weighted by Crippen LogP contribution is 2.24. The van der Waals surface area contributed by atoms with E-state index >= 15 is 0 Å². The normalized spacial score (nSPS) is 11.9. The molecule has 0 fully saturated rings. The summed E-state index contributed by atoms with van der Waals surface area (Å²) in [6.07, 6.45) is 0. The number of nitrogens with zero attached hydrogens (tertiary/aromatic N) is 2. The van der Waals surface area contributed by atoms with E-state index in [4.69, 9.17) is 4.74 Å². The van der Waals surface area contributed by atoms with Crippen LogP contribution in [0.5, 0.6) is 5.75 Å². The smallest absolute Gasteiger partial charge is 0.243 e. The molecule has 0 atom stereocenters. The van der Waals surface area contributed by atoms with Crippen LogP contribution in [0.1, 0.15) is 16.3 Å². The van der Waals surface area contributed by atoms with Crippen molar-refractivity contribution in [1.29, 1.82) is 0 Å². The van der Waals surface area contributed by atoms with Gasteiger partial charge in [-0.2, -0.15) is 4.31 Å². The Morgan fingerprint density at radius 1 is 1.33 bits per heavy atom. The van der Waals surface area contributed by atoms with Gasteiger partial charge < -0.3 is 4.74 Å². The quantitative estimate of drug-likeness (QED) is 0.847. The van der Waals surface area contributed by atoms with Gasteiger partial charge in [-0.25, -0.2) is 13.4 Å². The Labute approximate surface area is 129 Å². The van der Waals surface area contributed by atoms with Crippen LogP contribution in [0.25, 0.3) is 0 Å². The van der Waals surface area contributed by atoms with Crippen LogP contribution in [0.4, 0.5) is 0 Å². The van der Waals surface area contributed by atoms with Crippen molar-refractivity contribution in [3.8, 4) is 5.75 Å². The SMILES string of the molecule is COc1ccc(S(=O)(=O)N(C)Cc2csc(C)n2)cc1C. The second kappa shape index (κ2) is 6.13. The van der Waals surface area contributed by atoms with Gasteiger partial charge in [-0.05, 0) is 37.6 Å². The second-order valence-electron chi connectivity index (χ2n) is 4.75. The molecule has 0 aliphatic rings. The minimum atomic E-state index is -3.53. The van der Waals surface area contributed by atoms with Gasteiger partial charge in [0.1, 0.15) is 5.75 Å². The summed E-state index contributed by atoms with van der Waals surface area (Å²) in [5, 5.41) is 2.80. The fourth-order valence-corrected chi connectivity index (χ4v) is 3.82. The van der Waals surface area contributed by atoms with E-state index in [2.05, 4.69) is 4.98 Å². The maximum absolute atomic E-state index is 12.6. The molecule has 0 saturated heterocycles. The third-order valence-electron chi connectivity index (χ3n) is 3.13. The molecule has 0 radical (unpaired) electrons. The molecule has 0 aliphatic carbocycles. The number of aromatic nitrogens is 1. The number of sulfonamides is 1. The van der Waals surface area contributed by atoms with Crippen molar-refractivity contribution in [2.24, 2.45) is 0 Å². The van der Waals surface area contributed by atoms with Crippen LogP contribution in [0.15, 0.2) is 28.5 Å². The second-order valence-corrected chi connectivity index (χ2v) is 7.86. The van der Waals surface area contributed by atoms with E-state index in [1.807, 2.05) is 19.2 Å². The lowest BCUT2D eigenvalue weighted by Gasteiger charge is -2.17. The molecule has 0 bridgehead atoms. The van der Waals surface area contributed by atoms with E-state index < -0.39 is 10.0 Å². The highest BCUT2D eigenvalue weighted by Gasteiger charge is 2.22. The van der Waals surface area contributed by atoms with Gasteiger partial charge >= 0.3 is 0 Å². The largest absolute Gasteiger partial charge is 0.496 e. The molecule has 0 aliphatic heterocycles. The molecule has 0 amide bonds. The van der Waals surface area contributed by atoms with Crippen molar-refractivity contribution in [2.75, 3.05) is 14.2 Å². The standard InChI is InChI=1S/C14H18N2O3S2/c1-10-7-13(5-6-14(10)19-4)21(17,18)16(3)8-12-9-20-11(2)15-12/h5-7,9H,8H2,1-4H3. The molecule has 0 spiro atoms. The van der Waals surface area contributed by atoms with Crippen molar-refractivity contribution in [2.45, 2.75) is 25.3 Å². The zero-order valence-electron chi connectivity index (χ0n) is 12.5. The number of rotatable bonds is 5. The topological polar surface area (TPSA) is 59.5 Å². The molecule has 2 rings (SSSR count). The maximum Gasteiger partial charge on any atom is 0.243 e. The first-order valence-electron chi connectivity index (χ1n) is 6.36.